The fraction of sp³-hybridized carbons (Fsp3) is 0.500. The van der Waals surface area contributed by atoms with Gasteiger partial charge in [-0.1, -0.05) is 17.7 Å². The smallest absolute Gasteiger partial charge is 0.0245 e. The molecule has 1 rings (SSSR count). The molecule has 0 heterocycles. The minimum Gasteiger partial charge on any atom is -0.0839 e. The molecule has 44 valence electrons. The zero-order valence-electron chi connectivity index (χ0n) is 5.57. The second-order valence-electron chi connectivity index (χ2n) is 2.47. The molecule has 8 heavy (non-hydrogen) atoms. The standard InChI is InChI=1S/C8H12/c1-7(2)8-5-3-4-6-8/h3,5H,4,6H2,1-2H3. The van der Waals surface area contributed by atoms with E-state index in [1.165, 1.54) is 24.0 Å². The van der Waals surface area contributed by atoms with Gasteiger partial charge in [-0.05, 0) is 32.3 Å². The zero-order chi connectivity index (χ0) is 5.98. The van der Waals surface area contributed by atoms with Gasteiger partial charge in [0.05, 0.1) is 0 Å². The highest BCUT2D eigenvalue weighted by Gasteiger charge is 1.98. The SMILES string of the molecule is CC(C)=C1C=CCC1. The van der Waals surface area contributed by atoms with E-state index < -0.39 is 0 Å². The van der Waals surface area contributed by atoms with Gasteiger partial charge in [0.25, 0.3) is 0 Å². The zero-order valence-corrected chi connectivity index (χ0v) is 5.57. The van der Waals surface area contributed by atoms with E-state index in [0.29, 0.717) is 0 Å². The first kappa shape index (κ1) is 5.61. The molecular formula is C8H12. The van der Waals surface area contributed by atoms with E-state index in [1.807, 2.05) is 0 Å². The van der Waals surface area contributed by atoms with E-state index in [4.69, 9.17) is 0 Å². The maximum absolute atomic E-state index is 2.24. The average molecular weight is 108 g/mol. The van der Waals surface area contributed by atoms with Gasteiger partial charge in [0.1, 0.15) is 0 Å². The molecule has 1 aliphatic rings. The van der Waals surface area contributed by atoms with Gasteiger partial charge in [-0.15, -0.1) is 0 Å². The maximum Gasteiger partial charge on any atom is -0.0245 e. The highest BCUT2D eigenvalue weighted by atomic mass is 14.0. The second-order valence-corrected chi connectivity index (χ2v) is 2.47. The van der Waals surface area contributed by atoms with E-state index >= 15 is 0 Å². The van der Waals surface area contributed by atoms with Crippen LogP contribution in [-0.2, 0) is 0 Å². The number of rotatable bonds is 0. The highest BCUT2D eigenvalue weighted by molar-refractivity contribution is 5.27. The van der Waals surface area contributed by atoms with Crippen LogP contribution in [0.4, 0.5) is 0 Å². The Balaban J connectivity index is 2.73. The Kier molecular flexibility index (Phi) is 1.52. The molecule has 0 N–H and O–H groups in total. The molecule has 0 bridgehead atoms. The Labute approximate surface area is 50.9 Å². The van der Waals surface area contributed by atoms with E-state index in [2.05, 4.69) is 26.0 Å². The molecule has 0 amide bonds. The summed E-state index contributed by atoms with van der Waals surface area (Å²) in [4.78, 5) is 0. The summed E-state index contributed by atoms with van der Waals surface area (Å²) in [6, 6.07) is 0. The Morgan fingerprint density at radius 2 is 2.25 bits per heavy atom. The minimum atomic E-state index is 1.25. The van der Waals surface area contributed by atoms with Crippen molar-refractivity contribution in [1.82, 2.24) is 0 Å². The predicted octanol–water partition coefficient (Wildman–Crippen LogP) is 2.67. The van der Waals surface area contributed by atoms with Gasteiger partial charge < -0.3 is 0 Å². The van der Waals surface area contributed by atoms with Crippen LogP contribution in [0.2, 0.25) is 0 Å². The van der Waals surface area contributed by atoms with Crippen LogP contribution in [0.25, 0.3) is 0 Å². The summed E-state index contributed by atoms with van der Waals surface area (Å²) in [6.45, 7) is 4.34. The van der Waals surface area contributed by atoms with E-state index in [0.717, 1.165) is 0 Å². The number of allylic oxidation sites excluding steroid dienone is 4. The van der Waals surface area contributed by atoms with Crippen LogP contribution in [0.3, 0.4) is 0 Å². The summed E-state index contributed by atoms with van der Waals surface area (Å²) in [5.74, 6) is 0. The first-order chi connectivity index (χ1) is 3.80. The second kappa shape index (κ2) is 2.17. The summed E-state index contributed by atoms with van der Waals surface area (Å²) in [6.07, 6.45) is 6.99. The third kappa shape index (κ3) is 1.00. The van der Waals surface area contributed by atoms with Gasteiger partial charge in [0, 0.05) is 0 Å². The quantitative estimate of drug-likeness (QED) is 0.447. The van der Waals surface area contributed by atoms with Gasteiger partial charge in [-0.2, -0.15) is 0 Å². The Morgan fingerprint density at radius 1 is 1.50 bits per heavy atom. The summed E-state index contributed by atoms with van der Waals surface area (Å²) in [5.41, 5.74) is 3.00. The lowest BCUT2D eigenvalue weighted by atomic mass is 10.1. The molecule has 0 aromatic carbocycles. The van der Waals surface area contributed by atoms with Crippen molar-refractivity contribution >= 4 is 0 Å². The van der Waals surface area contributed by atoms with Crippen molar-refractivity contribution in [3.8, 4) is 0 Å². The van der Waals surface area contributed by atoms with Crippen LogP contribution in [-0.4, -0.2) is 0 Å². The van der Waals surface area contributed by atoms with Crippen LogP contribution in [0.5, 0.6) is 0 Å². The van der Waals surface area contributed by atoms with Crippen LogP contribution in [0.1, 0.15) is 26.7 Å². The van der Waals surface area contributed by atoms with E-state index in [1.54, 1.807) is 0 Å². The van der Waals surface area contributed by atoms with Crippen molar-refractivity contribution in [2.75, 3.05) is 0 Å². The lowest BCUT2D eigenvalue weighted by molar-refractivity contribution is 1.04. The van der Waals surface area contributed by atoms with E-state index in [-0.39, 0.29) is 0 Å². The van der Waals surface area contributed by atoms with Crippen LogP contribution < -0.4 is 0 Å². The molecular weight excluding hydrogens is 96.1 g/mol. The van der Waals surface area contributed by atoms with Crippen LogP contribution in [0, 0.1) is 0 Å². The monoisotopic (exact) mass is 108 g/mol. The molecule has 0 saturated carbocycles. The van der Waals surface area contributed by atoms with Crippen molar-refractivity contribution in [3.05, 3.63) is 23.3 Å². The minimum absolute atomic E-state index is 1.25. The maximum atomic E-state index is 2.24. The Morgan fingerprint density at radius 3 is 2.50 bits per heavy atom. The molecule has 0 unspecified atom stereocenters. The molecule has 0 aromatic heterocycles. The van der Waals surface area contributed by atoms with Crippen molar-refractivity contribution in [2.45, 2.75) is 26.7 Å². The summed E-state index contributed by atoms with van der Waals surface area (Å²) in [7, 11) is 0. The van der Waals surface area contributed by atoms with Crippen molar-refractivity contribution in [2.24, 2.45) is 0 Å². The molecule has 1 aliphatic carbocycles. The van der Waals surface area contributed by atoms with Gasteiger partial charge in [0.2, 0.25) is 0 Å². The lowest BCUT2D eigenvalue weighted by Crippen LogP contribution is -1.73. The summed E-state index contributed by atoms with van der Waals surface area (Å²) >= 11 is 0. The molecule has 0 nitrogen and oxygen atoms in total. The average Bonchev–Trinajstić information content (AvgIpc) is 2.12. The predicted molar refractivity (Wildman–Crippen MR) is 36.7 cm³/mol. The fourth-order valence-corrected chi connectivity index (χ4v) is 0.964. The Hall–Kier alpha value is -0.520. The molecule has 0 aromatic rings. The first-order valence-corrected chi connectivity index (χ1v) is 3.13. The highest BCUT2D eigenvalue weighted by Crippen LogP contribution is 2.18. The first-order valence-electron chi connectivity index (χ1n) is 3.13. The third-order valence-electron chi connectivity index (χ3n) is 1.54. The van der Waals surface area contributed by atoms with E-state index in [9.17, 15) is 0 Å². The molecule has 0 atom stereocenters. The van der Waals surface area contributed by atoms with Crippen LogP contribution in [0.15, 0.2) is 23.3 Å². The Bertz CT molecular complexity index is 134. The van der Waals surface area contributed by atoms with Crippen molar-refractivity contribution in [3.63, 3.8) is 0 Å². The van der Waals surface area contributed by atoms with Gasteiger partial charge in [-0.25, -0.2) is 0 Å². The molecule has 0 spiro atoms. The van der Waals surface area contributed by atoms with Gasteiger partial charge >= 0.3 is 0 Å². The number of hydrogen-bond donors (Lipinski definition) is 0. The number of hydrogen-bond acceptors (Lipinski definition) is 0. The third-order valence-corrected chi connectivity index (χ3v) is 1.54. The molecule has 0 fully saturated rings. The molecule has 0 heteroatoms. The van der Waals surface area contributed by atoms with Crippen molar-refractivity contribution < 1.29 is 0 Å². The van der Waals surface area contributed by atoms with Crippen LogP contribution >= 0.6 is 0 Å². The molecule has 0 radical (unpaired) electrons. The summed E-state index contributed by atoms with van der Waals surface area (Å²) < 4.78 is 0. The van der Waals surface area contributed by atoms with Gasteiger partial charge in [0.15, 0.2) is 0 Å². The molecule has 0 aliphatic heterocycles. The van der Waals surface area contributed by atoms with Gasteiger partial charge in [-0.3, -0.25) is 0 Å². The lowest BCUT2D eigenvalue weighted by Gasteiger charge is -1.93. The fourth-order valence-electron chi connectivity index (χ4n) is 0.964. The molecule has 0 saturated heterocycles. The normalized spacial score (nSPS) is 17.5. The topological polar surface area (TPSA) is 0 Å². The largest absolute Gasteiger partial charge is 0.0839 e. The van der Waals surface area contributed by atoms with Crippen molar-refractivity contribution in [1.29, 1.82) is 0 Å². The summed E-state index contributed by atoms with van der Waals surface area (Å²) in [5, 5.41) is 0.